The Labute approximate surface area is 104 Å². The summed E-state index contributed by atoms with van der Waals surface area (Å²) in [6.07, 6.45) is 1.89. The second-order valence-electron chi connectivity index (χ2n) is 3.96. The van der Waals surface area contributed by atoms with E-state index in [9.17, 15) is 4.79 Å². The lowest BCUT2D eigenvalue weighted by Gasteiger charge is -2.22. The van der Waals surface area contributed by atoms with E-state index in [1.807, 2.05) is 0 Å². The summed E-state index contributed by atoms with van der Waals surface area (Å²) in [5.74, 6) is -0.924. The molecule has 1 aliphatic heterocycles. The first-order valence-electron chi connectivity index (χ1n) is 5.54. The molecule has 0 unspecified atom stereocenters. The number of thioether (sulfide) groups is 1. The van der Waals surface area contributed by atoms with Gasteiger partial charge in [-0.05, 0) is 25.0 Å². The number of hydrogen-bond donors (Lipinski definition) is 2. The molecule has 0 amide bonds. The third kappa shape index (κ3) is 2.92. The second kappa shape index (κ2) is 5.42. The molecule has 1 heterocycles. The van der Waals surface area contributed by atoms with Crippen LogP contribution < -0.4 is 5.73 Å². The Morgan fingerprint density at radius 2 is 2.12 bits per heavy atom. The smallest absolute Gasteiger partial charge is 0.336 e. The predicted molar refractivity (Wildman–Crippen MR) is 67.5 cm³/mol. The molecule has 1 fully saturated rings. The van der Waals surface area contributed by atoms with Gasteiger partial charge in [0.15, 0.2) is 0 Å². The van der Waals surface area contributed by atoms with Crippen LogP contribution in [0.25, 0.3) is 0 Å². The summed E-state index contributed by atoms with van der Waals surface area (Å²) < 4.78 is 5.28. The van der Waals surface area contributed by atoms with Crippen molar-refractivity contribution in [1.82, 2.24) is 0 Å². The first kappa shape index (κ1) is 12.3. The van der Waals surface area contributed by atoms with Gasteiger partial charge in [-0.15, -0.1) is 11.8 Å². The van der Waals surface area contributed by atoms with Crippen LogP contribution in [-0.4, -0.2) is 29.5 Å². The van der Waals surface area contributed by atoms with Gasteiger partial charge in [0.05, 0.1) is 5.56 Å². The van der Waals surface area contributed by atoms with Crippen molar-refractivity contribution in [3.05, 3.63) is 23.8 Å². The van der Waals surface area contributed by atoms with Gasteiger partial charge in [-0.2, -0.15) is 0 Å². The lowest BCUT2D eigenvalue weighted by Crippen LogP contribution is -2.18. The Balaban J connectivity index is 2.21. The van der Waals surface area contributed by atoms with Gasteiger partial charge in [0, 0.05) is 29.0 Å². The molecule has 5 heteroatoms. The standard InChI is InChI=1S/C12H15NO3S/c13-10-3-1-2-9(12(14)15)11(10)17-8-4-6-16-7-5-8/h1-3,8H,4-7,13H2,(H,14,15). The van der Waals surface area contributed by atoms with Gasteiger partial charge in [-0.1, -0.05) is 6.07 Å². The fourth-order valence-electron chi connectivity index (χ4n) is 1.82. The Hall–Kier alpha value is -1.20. The van der Waals surface area contributed by atoms with Crippen LogP contribution >= 0.6 is 11.8 Å². The molecule has 2 rings (SSSR count). The van der Waals surface area contributed by atoms with E-state index in [0.29, 0.717) is 21.4 Å². The van der Waals surface area contributed by atoms with E-state index < -0.39 is 5.97 Å². The van der Waals surface area contributed by atoms with Crippen LogP contribution in [0.3, 0.4) is 0 Å². The quantitative estimate of drug-likeness (QED) is 0.808. The Bertz CT molecular complexity index is 416. The number of carboxylic acid groups (broad SMARTS) is 1. The van der Waals surface area contributed by atoms with Gasteiger partial charge in [0.25, 0.3) is 0 Å². The van der Waals surface area contributed by atoms with Crippen LogP contribution in [0.4, 0.5) is 5.69 Å². The van der Waals surface area contributed by atoms with Crippen LogP contribution in [0.5, 0.6) is 0 Å². The van der Waals surface area contributed by atoms with E-state index in [1.165, 1.54) is 0 Å². The number of rotatable bonds is 3. The minimum Gasteiger partial charge on any atom is -0.478 e. The number of benzene rings is 1. The summed E-state index contributed by atoms with van der Waals surface area (Å²) in [6, 6.07) is 5.02. The number of anilines is 1. The summed E-state index contributed by atoms with van der Waals surface area (Å²) >= 11 is 1.56. The summed E-state index contributed by atoms with van der Waals surface area (Å²) in [7, 11) is 0. The van der Waals surface area contributed by atoms with Crippen LogP contribution in [0.1, 0.15) is 23.2 Å². The number of hydrogen-bond acceptors (Lipinski definition) is 4. The lowest BCUT2D eigenvalue weighted by atomic mass is 10.2. The number of ether oxygens (including phenoxy) is 1. The van der Waals surface area contributed by atoms with Crippen molar-refractivity contribution in [3.63, 3.8) is 0 Å². The molecule has 92 valence electrons. The van der Waals surface area contributed by atoms with Gasteiger partial charge in [0.1, 0.15) is 0 Å². The minimum absolute atomic E-state index is 0.293. The first-order valence-corrected chi connectivity index (χ1v) is 6.42. The summed E-state index contributed by atoms with van der Waals surface area (Å²) in [4.78, 5) is 11.8. The van der Waals surface area contributed by atoms with Crippen molar-refractivity contribution in [2.24, 2.45) is 0 Å². The van der Waals surface area contributed by atoms with Gasteiger partial charge in [-0.3, -0.25) is 0 Å². The van der Waals surface area contributed by atoms with E-state index in [-0.39, 0.29) is 0 Å². The zero-order valence-electron chi connectivity index (χ0n) is 9.39. The molecule has 1 aromatic carbocycles. The van der Waals surface area contributed by atoms with E-state index in [4.69, 9.17) is 15.6 Å². The molecule has 1 aliphatic rings. The highest BCUT2D eigenvalue weighted by atomic mass is 32.2. The molecular formula is C12H15NO3S. The summed E-state index contributed by atoms with van der Waals surface area (Å²) in [6.45, 7) is 1.49. The largest absolute Gasteiger partial charge is 0.478 e. The van der Waals surface area contributed by atoms with Crippen LogP contribution in [0.15, 0.2) is 23.1 Å². The van der Waals surface area contributed by atoms with Crippen molar-refractivity contribution in [1.29, 1.82) is 0 Å². The predicted octanol–water partition coefficient (Wildman–Crippen LogP) is 2.24. The molecule has 3 N–H and O–H groups in total. The molecule has 0 aromatic heterocycles. The number of nitrogen functional groups attached to an aromatic ring is 1. The Kier molecular flexibility index (Phi) is 3.91. The second-order valence-corrected chi connectivity index (χ2v) is 5.27. The normalized spacial score (nSPS) is 16.9. The number of nitrogens with two attached hydrogens (primary N) is 1. The third-order valence-corrected chi connectivity index (χ3v) is 4.22. The fraction of sp³-hybridized carbons (Fsp3) is 0.417. The maximum absolute atomic E-state index is 11.1. The number of aromatic carboxylic acids is 1. The molecule has 0 aliphatic carbocycles. The van der Waals surface area contributed by atoms with Crippen LogP contribution in [0.2, 0.25) is 0 Å². The zero-order valence-corrected chi connectivity index (χ0v) is 10.2. The van der Waals surface area contributed by atoms with E-state index >= 15 is 0 Å². The van der Waals surface area contributed by atoms with Crippen molar-refractivity contribution in [2.45, 2.75) is 23.0 Å². The third-order valence-electron chi connectivity index (χ3n) is 2.73. The summed E-state index contributed by atoms with van der Waals surface area (Å²) in [5, 5.41) is 9.52. The van der Waals surface area contributed by atoms with Gasteiger partial charge >= 0.3 is 5.97 Å². The molecule has 1 aromatic rings. The highest BCUT2D eigenvalue weighted by Gasteiger charge is 2.20. The fourth-order valence-corrected chi connectivity index (χ4v) is 3.06. The zero-order chi connectivity index (χ0) is 12.3. The first-order chi connectivity index (χ1) is 8.18. The lowest BCUT2D eigenvalue weighted by molar-refractivity contribution is 0.0693. The molecule has 0 radical (unpaired) electrons. The van der Waals surface area contributed by atoms with Crippen molar-refractivity contribution in [3.8, 4) is 0 Å². The van der Waals surface area contributed by atoms with Crippen molar-refractivity contribution < 1.29 is 14.6 Å². The monoisotopic (exact) mass is 253 g/mol. The number of carbonyl (C=O) groups is 1. The average molecular weight is 253 g/mol. The maximum atomic E-state index is 11.1. The SMILES string of the molecule is Nc1cccc(C(=O)O)c1SC1CCOCC1. The summed E-state index contributed by atoms with van der Waals surface area (Å²) in [5.41, 5.74) is 6.70. The minimum atomic E-state index is -0.924. The highest BCUT2D eigenvalue weighted by Crippen LogP contribution is 2.35. The van der Waals surface area contributed by atoms with Crippen molar-refractivity contribution in [2.75, 3.05) is 18.9 Å². The van der Waals surface area contributed by atoms with E-state index in [2.05, 4.69) is 0 Å². The molecule has 0 bridgehead atoms. The molecule has 0 atom stereocenters. The number of carboxylic acids is 1. The molecular weight excluding hydrogens is 238 g/mol. The van der Waals surface area contributed by atoms with E-state index in [0.717, 1.165) is 26.1 Å². The maximum Gasteiger partial charge on any atom is 0.336 e. The Morgan fingerprint density at radius 1 is 1.41 bits per heavy atom. The van der Waals surface area contributed by atoms with Crippen molar-refractivity contribution >= 4 is 23.4 Å². The van der Waals surface area contributed by atoms with Gasteiger partial charge in [-0.25, -0.2) is 4.79 Å². The van der Waals surface area contributed by atoms with Crippen LogP contribution in [-0.2, 0) is 4.74 Å². The van der Waals surface area contributed by atoms with E-state index in [1.54, 1.807) is 30.0 Å². The average Bonchev–Trinajstić information content (AvgIpc) is 2.33. The highest BCUT2D eigenvalue weighted by molar-refractivity contribution is 8.00. The molecule has 1 saturated heterocycles. The van der Waals surface area contributed by atoms with Gasteiger partial charge < -0.3 is 15.6 Å². The van der Waals surface area contributed by atoms with Crippen LogP contribution in [0, 0.1) is 0 Å². The molecule has 0 saturated carbocycles. The molecule has 4 nitrogen and oxygen atoms in total. The molecule has 17 heavy (non-hydrogen) atoms. The topological polar surface area (TPSA) is 72.6 Å². The Morgan fingerprint density at radius 3 is 2.76 bits per heavy atom. The molecule has 0 spiro atoms. The van der Waals surface area contributed by atoms with Gasteiger partial charge in [0.2, 0.25) is 0 Å².